The number of benzene rings is 1. The van der Waals surface area contributed by atoms with E-state index in [1.807, 2.05) is 12.1 Å². The molecule has 0 spiro atoms. The lowest BCUT2D eigenvalue weighted by atomic mass is 10.2. The zero-order valence-corrected chi connectivity index (χ0v) is 11.5. The molecular formula is C13H9IN2O2. The molecule has 1 aromatic carbocycles. The maximum Gasteiger partial charge on any atom is 0.349 e. The number of allylic oxidation sites excluding steroid dienone is 1. The lowest BCUT2D eigenvalue weighted by molar-refractivity contribution is 0.518. The summed E-state index contributed by atoms with van der Waals surface area (Å²) in [6.45, 7) is 0.454. The molecule has 0 bridgehead atoms. The van der Waals surface area contributed by atoms with Crippen molar-refractivity contribution in [1.82, 2.24) is 4.98 Å². The summed E-state index contributed by atoms with van der Waals surface area (Å²) < 4.78 is 5.91. The van der Waals surface area contributed by atoms with Crippen molar-refractivity contribution < 1.29 is 4.42 Å². The fourth-order valence-electron chi connectivity index (χ4n) is 1.43. The molecule has 1 aromatic heterocycles. The quantitative estimate of drug-likeness (QED) is 0.681. The van der Waals surface area contributed by atoms with Gasteiger partial charge >= 0.3 is 5.63 Å². The number of terminal acetylenes is 1. The Kier molecular flexibility index (Phi) is 3.99. The fraction of sp³-hybridized carbons (Fsp3) is 0.0769. The van der Waals surface area contributed by atoms with E-state index in [1.54, 1.807) is 18.2 Å². The van der Waals surface area contributed by atoms with Crippen LogP contribution in [-0.2, 0) is 0 Å². The molecule has 0 saturated heterocycles. The normalized spacial score (nSPS) is 10.7. The summed E-state index contributed by atoms with van der Waals surface area (Å²) >= 11 is 2.08. The Morgan fingerprint density at radius 3 is 3.17 bits per heavy atom. The lowest BCUT2D eigenvalue weighted by Crippen LogP contribution is -2.08. The van der Waals surface area contributed by atoms with Crippen LogP contribution in [0.5, 0.6) is 0 Å². The minimum Gasteiger partial charge on any atom is -0.389 e. The molecule has 18 heavy (non-hydrogen) atoms. The Morgan fingerprint density at radius 2 is 2.39 bits per heavy atom. The number of fused-ring (bicyclic) bond motifs is 1. The van der Waals surface area contributed by atoms with E-state index in [9.17, 15) is 4.79 Å². The Morgan fingerprint density at radius 1 is 1.56 bits per heavy atom. The smallest absolute Gasteiger partial charge is 0.349 e. The van der Waals surface area contributed by atoms with Crippen LogP contribution >= 0.6 is 22.6 Å². The summed E-state index contributed by atoms with van der Waals surface area (Å²) in [6.07, 6.45) is 8.37. The first kappa shape index (κ1) is 12.6. The molecule has 0 aliphatic carbocycles. The second-order valence-corrected chi connectivity index (χ2v) is 4.55. The highest BCUT2D eigenvalue weighted by molar-refractivity contribution is 14.1. The minimum absolute atomic E-state index is 0.191. The third kappa shape index (κ3) is 2.71. The lowest BCUT2D eigenvalue weighted by Gasteiger charge is -2.02. The monoisotopic (exact) mass is 352 g/mol. The highest BCUT2D eigenvalue weighted by Gasteiger charge is 2.08. The van der Waals surface area contributed by atoms with Gasteiger partial charge in [-0.25, -0.2) is 4.79 Å². The van der Waals surface area contributed by atoms with Crippen LogP contribution in [0.4, 0.5) is 6.01 Å². The Balaban J connectivity index is 2.36. The highest BCUT2D eigenvalue weighted by Crippen LogP contribution is 2.16. The number of hydrogen-bond donors (Lipinski definition) is 1. The number of nitrogens with zero attached hydrogens (tertiary/aromatic N) is 1. The first-order valence-electron chi connectivity index (χ1n) is 5.17. The number of hydrogen-bond acceptors (Lipinski definition) is 4. The number of halogens is 1. The van der Waals surface area contributed by atoms with E-state index in [4.69, 9.17) is 10.8 Å². The van der Waals surface area contributed by atoms with Gasteiger partial charge in [0.05, 0.1) is 10.9 Å². The molecule has 2 aromatic rings. The molecule has 0 saturated carbocycles. The van der Waals surface area contributed by atoms with E-state index >= 15 is 0 Å². The van der Waals surface area contributed by atoms with Gasteiger partial charge in [0.15, 0.2) is 0 Å². The van der Waals surface area contributed by atoms with E-state index in [1.165, 1.54) is 0 Å². The number of aromatic nitrogens is 1. The fourth-order valence-corrected chi connectivity index (χ4v) is 2.13. The average molecular weight is 352 g/mol. The van der Waals surface area contributed by atoms with Gasteiger partial charge in [0.25, 0.3) is 6.01 Å². The van der Waals surface area contributed by atoms with Gasteiger partial charge in [-0.2, -0.15) is 4.98 Å². The van der Waals surface area contributed by atoms with Gasteiger partial charge in [-0.1, -0.05) is 18.1 Å². The van der Waals surface area contributed by atoms with Gasteiger partial charge in [-0.15, -0.1) is 6.42 Å². The number of rotatable bonds is 3. The maximum absolute atomic E-state index is 11.8. The third-order valence-corrected chi connectivity index (χ3v) is 3.09. The van der Waals surface area contributed by atoms with Crippen LogP contribution in [0.25, 0.3) is 10.9 Å². The zero-order valence-electron chi connectivity index (χ0n) is 9.31. The molecule has 0 unspecified atom stereocenters. The number of nitrogens with one attached hydrogen (secondary N) is 1. The summed E-state index contributed by atoms with van der Waals surface area (Å²) in [4.78, 5) is 16.0. The molecule has 0 aliphatic heterocycles. The van der Waals surface area contributed by atoms with Gasteiger partial charge in [-0.3, -0.25) is 0 Å². The molecule has 0 fully saturated rings. The van der Waals surface area contributed by atoms with Crippen molar-refractivity contribution in [2.24, 2.45) is 0 Å². The summed E-state index contributed by atoms with van der Waals surface area (Å²) in [7, 11) is 0. The molecule has 1 heterocycles. The molecule has 5 heteroatoms. The van der Waals surface area contributed by atoms with Crippen molar-refractivity contribution in [3.63, 3.8) is 0 Å². The molecule has 0 aliphatic rings. The Labute approximate surface area is 117 Å². The van der Waals surface area contributed by atoms with Crippen molar-refractivity contribution in [3.8, 4) is 12.3 Å². The van der Waals surface area contributed by atoms with Crippen LogP contribution in [-0.4, -0.2) is 11.5 Å². The van der Waals surface area contributed by atoms with Crippen molar-refractivity contribution in [2.45, 2.75) is 0 Å². The summed E-state index contributed by atoms with van der Waals surface area (Å²) in [6, 6.07) is 5.65. The van der Waals surface area contributed by atoms with Crippen LogP contribution < -0.4 is 10.9 Å². The van der Waals surface area contributed by atoms with E-state index in [2.05, 4.69) is 38.8 Å². The molecular weight excluding hydrogens is 343 g/mol. The summed E-state index contributed by atoms with van der Waals surface area (Å²) in [5.41, 5.74) is 0.218. The predicted octanol–water partition coefficient (Wildman–Crippen LogP) is 2.39. The van der Waals surface area contributed by atoms with Crippen LogP contribution in [0.1, 0.15) is 0 Å². The third-order valence-electron chi connectivity index (χ3n) is 2.19. The molecule has 0 atom stereocenters. The van der Waals surface area contributed by atoms with E-state index in [0.29, 0.717) is 17.4 Å². The number of anilines is 1. The van der Waals surface area contributed by atoms with E-state index in [-0.39, 0.29) is 6.01 Å². The van der Waals surface area contributed by atoms with Crippen molar-refractivity contribution in [2.75, 3.05) is 11.9 Å². The van der Waals surface area contributed by atoms with Crippen molar-refractivity contribution in [1.29, 1.82) is 0 Å². The van der Waals surface area contributed by atoms with Crippen LogP contribution in [0.2, 0.25) is 0 Å². The van der Waals surface area contributed by atoms with Gasteiger partial charge in [0.1, 0.15) is 0 Å². The van der Waals surface area contributed by atoms with Gasteiger partial charge in [0, 0.05) is 10.1 Å². The van der Waals surface area contributed by atoms with Crippen LogP contribution in [0.3, 0.4) is 0 Å². The molecule has 4 nitrogen and oxygen atoms in total. The average Bonchev–Trinajstić information content (AvgIpc) is 2.34. The molecule has 2 rings (SSSR count). The van der Waals surface area contributed by atoms with Crippen molar-refractivity contribution >= 4 is 39.5 Å². The Hall–Kier alpha value is -1.81. The molecule has 90 valence electrons. The predicted molar refractivity (Wildman–Crippen MR) is 79.5 cm³/mol. The van der Waals surface area contributed by atoms with E-state index in [0.717, 1.165) is 3.57 Å². The Bertz CT molecular complexity index is 698. The van der Waals surface area contributed by atoms with Crippen molar-refractivity contribution in [3.05, 3.63) is 44.3 Å². The molecule has 1 N–H and O–H groups in total. The van der Waals surface area contributed by atoms with Crippen LogP contribution in [0.15, 0.2) is 39.6 Å². The highest BCUT2D eigenvalue weighted by atomic mass is 127. The standard InChI is InChI=1S/C13H9IN2O2/c1-2-3-4-8-15-13-16-10-7-5-6-9(14)11(10)12(17)18-13/h1,3-7H,8H2,(H,15,16). The van der Waals surface area contributed by atoms with E-state index < -0.39 is 5.63 Å². The second-order valence-electron chi connectivity index (χ2n) is 3.39. The van der Waals surface area contributed by atoms with Crippen LogP contribution in [0, 0.1) is 15.9 Å². The second kappa shape index (κ2) is 5.69. The molecule has 0 radical (unpaired) electrons. The molecule has 0 amide bonds. The first-order chi connectivity index (χ1) is 8.72. The van der Waals surface area contributed by atoms with Gasteiger partial charge < -0.3 is 9.73 Å². The SMILES string of the molecule is C#CC=CCNc1nc2cccc(I)c2c(=O)o1. The first-order valence-corrected chi connectivity index (χ1v) is 6.24. The largest absolute Gasteiger partial charge is 0.389 e. The topological polar surface area (TPSA) is 55.1 Å². The summed E-state index contributed by atoms with van der Waals surface area (Å²) in [5, 5.41) is 3.37. The zero-order chi connectivity index (χ0) is 13.0. The maximum atomic E-state index is 11.8. The van der Waals surface area contributed by atoms with Gasteiger partial charge in [0.2, 0.25) is 0 Å². The minimum atomic E-state index is -0.395. The summed E-state index contributed by atoms with van der Waals surface area (Å²) in [5.74, 6) is 2.37. The van der Waals surface area contributed by atoms with Gasteiger partial charge in [-0.05, 0) is 40.8 Å².